The Hall–Kier alpha value is -1.81. The van der Waals surface area contributed by atoms with E-state index in [1.807, 2.05) is 44.2 Å². The Labute approximate surface area is 116 Å². The molecule has 19 heavy (non-hydrogen) atoms. The molecule has 2 rings (SSSR count). The normalized spacial score (nSPS) is 10.7. The first-order chi connectivity index (χ1) is 9.06. The van der Waals surface area contributed by atoms with Crippen molar-refractivity contribution in [3.63, 3.8) is 0 Å². The molecule has 4 heteroatoms. The van der Waals surface area contributed by atoms with Crippen LogP contribution in [0.5, 0.6) is 0 Å². The minimum absolute atomic E-state index is 0.203. The van der Waals surface area contributed by atoms with Gasteiger partial charge in [0.05, 0.1) is 5.56 Å². The fourth-order valence-electron chi connectivity index (χ4n) is 1.61. The average Bonchev–Trinajstić information content (AvgIpc) is 2.39. The van der Waals surface area contributed by atoms with Crippen LogP contribution < -0.4 is 0 Å². The van der Waals surface area contributed by atoms with Gasteiger partial charge in [0, 0.05) is 10.6 Å². The highest BCUT2D eigenvalue weighted by Gasteiger charge is 2.11. The van der Waals surface area contributed by atoms with Gasteiger partial charge in [0.25, 0.3) is 0 Å². The predicted molar refractivity (Wildman–Crippen MR) is 75.9 cm³/mol. The second kappa shape index (κ2) is 5.89. The number of hydrogen-bond donors (Lipinski definition) is 1. The third-order valence-corrected chi connectivity index (χ3v) is 3.55. The van der Waals surface area contributed by atoms with Crippen molar-refractivity contribution >= 4 is 17.7 Å². The van der Waals surface area contributed by atoms with Gasteiger partial charge in [-0.15, -0.1) is 0 Å². The molecule has 0 aliphatic heterocycles. The molecule has 0 bridgehead atoms. The van der Waals surface area contributed by atoms with Gasteiger partial charge in [-0.2, -0.15) is 0 Å². The van der Waals surface area contributed by atoms with Crippen molar-refractivity contribution in [2.45, 2.75) is 29.7 Å². The van der Waals surface area contributed by atoms with E-state index in [0.29, 0.717) is 0 Å². The summed E-state index contributed by atoms with van der Waals surface area (Å²) in [6.45, 7) is 4.01. The number of aromatic nitrogens is 1. The summed E-state index contributed by atoms with van der Waals surface area (Å²) in [6, 6.07) is 13.1. The first kappa shape index (κ1) is 13.6. The monoisotopic (exact) mass is 273 g/mol. The lowest BCUT2D eigenvalue weighted by molar-refractivity contribution is 0.0696. The SMILES string of the molecule is CC(C)c1cc(C(=O)O)cc(Sc2ccccc2)n1. The smallest absolute Gasteiger partial charge is 0.335 e. The largest absolute Gasteiger partial charge is 0.478 e. The van der Waals surface area contributed by atoms with E-state index in [2.05, 4.69) is 4.98 Å². The maximum atomic E-state index is 11.1. The molecule has 2 aromatic rings. The van der Waals surface area contributed by atoms with E-state index in [9.17, 15) is 4.79 Å². The van der Waals surface area contributed by atoms with E-state index in [0.717, 1.165) is 15.6 Å². The Balaban J connectivity index is 2.36. The van der Waals surface area contributed by atoms with Crippen molar-refractivity contribution in [3.05, 3.63) is 53.7 Å². The highest BCUT2D eigenvalue weighted by atomic mass is 32.2. The maximum absolute atomic E-state index is 11.1. The Morgan fingerprint density at radius 1 is 1.21 bits per heavy atom. The molecule has 0 fully saturated rings. The predicted octanol–water partition coefficient (Wildman–Crippen LogP) is 4.05. The van der Waals surface area contributed by atoms with E-state index in [1.165, 1.54) is 11.8 Å². The highest BCUT2D eigenvalue weighted by Crippen LogP contribution is 2.28. The topological polar surface area (TPSA) is 50.2 Å². The number of carboxylic acid groups (broad SMARTS) is 1. The van der Waals surface area contributed by atoms with Crippen molar-refractivity contribution in [2.24, 2.45) is 0 Å². The summed E-state index contributed by atoms with van der Waals surface area (Å²) >= 11 is 1.48. The third-order valence-electron chi connectivity index (χ3n) is 2.63. The number of benzene rings is 1. The number of rotatable bonds is 4. The van der Waals surface area contributed by atoms with Crippen molar-refractivity contribution in [2.75, 3.05) is 0 Å². The second-order valence-corrected chi connectivity index (χ2v) is 5.59. The molecule has 0 saturated carbocycles. The minimum Gasteiger partial charge on any atom is -0.478 e. The van der Waals surface area contributed by atoms with Crippen LogP contribution in [0.2, 0.25) is 0 Å². The van der Waals surface area contributed by atoms with Crippen molar-refractivity contribution in [1.29, 1.82) is 0 Å². The van der Waals surface area contributed by atoms with Crippen LogP contribution in [-0.4, -0.2) is 16.1 Å². The summed E-state index contributed by atoms with van der Waals surface area (Å²) in [5, 5.41) is 9.86. The van der Waals surface area contributed by atoms with E-state index in [1.54, 1.807) is 12.1 Å². The van der Waals surface area contributed by atoms with E-state index < -0.39 is 5.97 Å². The van der Waals surface area contributed by atoms with Gasteiger partial charge < -0.3 is 5.11 Å². The maximum Gasteiger partial charge on any atom is 0.335 e. The highest BCUT2D eigenvalue weighted by molar-refractivity contribution is 7.99. The standard InChI is InChI=1S/C15H15NO2S/c1-10(2)13-8-11(15(17)18)9-14(16-13)19-12-6-4-3-5-7-12/h3-10H,1-2H3,(H,17,18). The summed E-state index contributed by atoms with van der Waals surface area (Å²) < 4.78 is 0. The quantitative estimate of drug-likeness (QED) is 0.912. The number of aromatic carboxylic acids is 1. The van der Waals surface area contributed by atoms with Crippen LogP contribution >= 0.6 is 11.8 Å². The molecule has 98 valence electrons. The van der Waals surface area contributed by atoms with Gasteiger partial charge in [0.1, 0.15) is 5.03 Å². The Morgan fingerprint density at radius 3 is 2.47 bits per heavy atom. The fraction of sp³-hybridized carbons (Fsp3) is 0.200. The van der Waals surface area contributed by atoms with Crippen molar-refractivity contribution in [1.82, 2.24) is 4.98 Å². The number of carbonyl (C=O) groups is 1. The van der Waals surface area contributed by atoms with Gasteiger partial charge in [-0.1, -0.05) is 43.8 Å². The van der Waals surface area contributed by atoms with Gasteiger partial charge in [-0.05, 0) is 30.2 Å². The number of hydrogen-bond acceptors (Lipinski definition) is 3. The van der Waals surface area contributed by atoms with Crippen LogP contribution in [0.25, 0.3) is 0 Å². The van der Waals surface area contributed by atoms with Gasteiger partial charge in [0.2, 0.25) is 0 Å². The van der Waals surface area contributed by atoms with Gasteiger partial charge in [-0.3, -0.25) is 0 Å². The summed E-state index contributed by atoms with van der Waals surface area (Å²) in [7, 11) is 0. The molecule has 0 unspecified atom stereocenters. The van der Waals surface area contributed by atoms with Crippen LogP contribution in [-0.2, 0) is 0 Å². The van der Waals surface area contributed by atoms with Gasteiger partial charge in [-0.25, -0.2) is 9.78 Å². The lowest BCUT2D eigenvalue weighted by Gasteiger charge is -2.09. The first-order valence-corrected chi connectivity index (χ1v) is 6.86. The molecule has 1 N–H and O–H groups in total. The number of pyridine rings is 1. The van der Waals surface area contributed by atoms with E-state index >= 15 is 0 Å². The molecular weight excluding hydrogens is 258 g/mol. The second-order valence-electron chi connectivity index (χ2n) is 4.49. The minimum atomic E-state index is -0.917. The van der Waals surface area contributed by atoms with Crippen LogP contribution in [0.15, 0.2) is 52.4 Å². The number of carboxylic acids is 1. The molecule has 0 aliphatic rings. The van der Waals surface area contributed by atoms with Gasteiger partial charge in [0.15, 0.2) is 0 Å². The zero-order valence-corrected chi connectivity index (χ0v) is 11.6. The van der Waals surface area contributed by atoms with Crippen LogP contribution in [0.1, 0.15) is 35.8 Å². The number of nitrogens with zero attached hydrogens (tertiary/aromatic N) is 1. The molecule has 1 aromatic heterocycles. The summed E-state index contributed by atoms with van der Waals surface area (Å²) in [4.78, 5) is 16.7. The van der Waals surface area contributed by atoms with Crippen molar-refractivity contribution in [3.8, 4) is 0 Å². The molecule has 0 spiro atoms. The zero-order valence-electron chi connectivity index (χ0n) is 10.8. The van der Waals surface area contributed by atoms with E-state index in [-0.39, 0.29) is 11.5 Å². The lowest BCUT2D eigenvalue weighted by Crippen LogP contribution is -2.02. The van der Waals surface area contributed by atoms with Crippen LogP contribution in [0.4, 0.5) is 0 Å². The van der Waals surface area contributed by atoms with Gasteiger partial charge >= 0.3 is 5.97 Å². The average molecular weight is 273 g/mol. The zero-order chi connectivity index (χ0) is 13.8. The molecule has 1 aromatic carbocycles. The third kappa shape index (κ3) is 3.58. The summed E-state index contributed by atoms with van der Waals surface area (Å²) in [5.74, 6) is -0.714. The molecule has 3 nitrogen and oxygen atoms in total. The Morgan fingerprint density at radius 2 is 1.89 bits per heavy atom. The fourth-order valence-corrected chi connectivity index (χ4v) is 2.48. The molecule has 0 aliphatic carbocycles. The Kier molecular flexibility index (Phi) is 4.22. The first-order valence-electron chi connectivity index (χ1n) is 6.04. The van der Waals surface area contributed by atoms with Crippen LogP contribution in [0.3, 0.4) is 0 Å². The summed E-state index contributed by atoms with van der Waals surface area (Å²) in [6.07, 6.45) is 0. The van der Waals surface area contributed by atoms with E-state index in [4.69, 9.17) is 5.11 Å². The molecule has 1 heterocycles. The lowest BCUT2D eigenvalue weighted by atomic mass is 10.1. The van der Waals surface area contributed by atoms with Crippen molar-refractivity contribution < 1.29 is 9.90 Å². The molecule has 0 atom stereocenters. The molecular formula is C15H15NO2S. The molecule has 0 radical (unpaired) electrons. The summed E-state index contributed by atoms with van der Waals surface area (Å²) in [5.41, 5.74) is 1.09. The molecule has 0 saturated heterocycles. The Bertz CT molecular complexity index is 582. The molecule has 0 amide bonds. The van der Waals surface area contributed by atoms with Crippen LogP contribution in [0, 0.1) is 0 Å².